The van der Waals surface area contributed by atoms with Crippen LogP contribution in [0.1, 0.15) is 16.7 Å². The molecule has 1 aliphatic rings. The Morgan fingerprint density at radius 2 is 0.944 bits per heavy atom. The Labute approximate surface area is 215 Å². The molecule has 36 heavy (non-hydrogen) atoms. The third-order valence-electron chi connectivity index (χ3n) is 6.16. The largest absolute Gasteiger partial charge is 0.497 e. The molecule has 0 amide bonds. The zero-order chi connectivity index (χ0) is 24.9. The van der Waals surface area contributed by atoms with Crippen LogP contribution in [0.5, 0.6) is 17.2 Å². The van der Waals surface area contributed by atoms with Gasteiger partial charge in [-0.3, -0.25) is 0 Å². The Balaban J connectivity index is 1.77. The topological polar surface area (TPSA) is 27.7 Å². The quantitative estimate of drug-likeness (QED) is 0.247. The molecule has 0 aliphatic carbocycles. The maximum absolute atomic E-state index is 5.44. The molecule has 5 rings (SSSR count). The second kappa shape index (κ2) is 10.7. The van der Waals surface area contributed by atoms with E-state index < -0.39 is 0 Å². The minimum atomic E-state index is -0.308. The van der Waals surface area contributed by atoms with Crippen molar-refractivity contribution in [3.05, 3.63) is 132 Å². The maximum Gasteiger partial charge on any atom is 0.118 e. The molecule has 0 saturated carbocycles. The first-order valence-corrected chi connectivity index (χ1v) is 13.0. The summed E-state index contributed by atoms with van der Waals surface area (Å²) in [4.78, 5) is 3.81. The monoisotopic (exact) mass is 492 g/mol. The lowest BCUT2D eigenvalue weighted by Gasteiger charge is -2.24. The van der Waals surface area contributed by atoms with Crippen LogP contribution in [0.25, 0.3) is 10.5 Å². The number of hydrogen-bond acceptors (Lipinski definition) is 3. The smallest absolute Gasteiger partial charge is 0.118 e. The number of benzene rings is 4. The number of allylic oxidation sites excluding steroid dienone is 3. The van der Waals surface area contributed by atoms with E-state index in [1.807, 2.05) is 36.4 Å². The van der Waals surface area contributed by atoms with Crippen molar-refractivity contribution in [3.8, 4) is 17.2 Å². The van der Waals surface area contributed by atoms with Crippen LogP contribution in [-0.4, -0.2) is 26.2 Å². The number of methoxy groups -OCH3 is 3. The highest BCUT2D eigenvalue weighted by molar-refractivity contribution is 8.24. The van der Waals surface area contributed by atoms with E-state index in [0.29, 0.717) is 0 Å². The lowest BCUT2D eigenvalue weighted by atomic mass is 10.00. The molecular weight excluding hydrogens is 464 g/mol. The van der Waals surface area contributed by atoms with E-state index in [9.17, 15) is 0 Å². The lowest BCUT2D eigenvalue weighted by molar-refractivity contribution is 0.414. The van der Waals surface area contributed by atoms with Crippen LogP contribution in [0.3, 0.4) is 0 Å². The van der Waals surface area contributed by atoms with Crippen molar-refractivity contribution in [1.82, 2.24) is 0 Å². The first kappa shape index (κ1) is 23.7. The highest BCUT2D eigenvalue weighted by Crippen LogP contribution is 2.48. The van der Waals surface area contributed by atoms with Crippen molar-refractivity contribution in [2.24, 2.45) is 0 Å². The summed E-state index contributed by atoms with van der Waals surface area (Å²) < 4.78 is 16.3. The third kappa shape index (κ3) is 4.86. The summed E-state index contributed by atoms with van der Waals surface area (Å²) in [7, 11) is 4.78. The Morgan fingerprint density at radius 1 is 0.472 bits per heavy atom. The van der Waals surface area contributed by atoms with Gasteiger partial charge in [0.05, 0.1) is 21.3 Å². The molecule has 1 atom stereocenters. The molecule has 0 saturated heterocycles. The fourth-order valence-electron chi connectivity index (χ4n) is 4.23. The van der Waals surface area contributed by atoms with E-state index in [1.54, 1.807) is 21.3 Å². The van der Waals surface area contributed by atoms with Gasteiger partial charge in [0, 0.05) is 14.7 Å². The summed E-state index contributed by atoms with van der Waals surface area (Å²) in [5.74, 6) is 2.54. The Bertz CT molecular complexity index is 1430. The summed E-state index contributed by atoms with van der Waals surface area (Å²) in [6.45, 7) is 0. The van der Waals surface area contributed by atoms with E-state index >= 15 is 0 Å². The summed E-state index contributed by atoms with van der Waals surface area (Å²) in [5, 5.41) is 0. The van der Waals surface area contributed by atoms with Gasteiger partial charge in [0.15, 0.2) is 0 Å². The summed E-state index contributed by atoms with van der Waals surface area (Å²) in [6, 6.07) is 35.7. The number of ether oxygens (including phenoxy) is 3. The van der Waals surface area contributed by atoms with E-state index in [4.69, 9.17) is 14.2 Å². The van der Waals surface area contributed by atoms with Crippen LogP contribution in [0.4, 0.5) is 0 Å². The van der Waals surface area contributed by atoms with E-state index in [-0.39, 0.29) is 10.5 Å². The molecule has 0 N–H and O–H groups in total. The summed E-state index contributed by atoms with van der Waals surface area (Å²) in [6.07, 6.45) is 4.65. The van der Waals surface area contributed by atoms with Crippen LogP contribution >= 0.6 is 10.5 Å². The average Bonchev–Trinajstić information content (AvgIpc) is 2.97. The van der Waals surface area contributed by atoms with Gasteiger partial charge >= 0.3 is 0 Å². The molecule has 180 valence electrons. The van der Waals surface area contributed by atoms with E-state index in [1.165, 1.54) is 25.8 Å². The molecular formula is C32H28O3S. The molecule has 4 aromatic carbocycles. The first-order valence-electron chi connectivity index (χ1n) is 11.7. The van der Waals surface area contributed by atoms with E-state index in [2.05, 4.69) is 78.9 Å². The van der Waals surface area contributed by atoms with Gasteiger partial charge in [0.25, 0.3) is 0 Å². The van der Waals surface area contributed by atoms with E-state index in [0.717, 1.165) is 28.4 Å². The number of rotatable bonds is 7. The van der Waals surface area contributed by atoms with Crippen LogP contribution < -0.4 is 14.2 Å². The lowest BCUT2D eigenvalue weighted by Crippen LogP contribution is -2.05. The predicted molar refractivity (Wildman–Crippen MR) is 151 cm³/mol. The van der Waals surface area contributed by atoms with Crippen molar-refractivity contribution >= 4 is 25.8 Å². The molecule has 1 aliphatic heterocycles. The zero-order valence-electron chi connectivity index (χ0n) is 20.6. The molecule has 1 heterocycles. The molecule has 0 bridgehead atoms. The highest BCUT2D eigenvalue weighted by Gasteiger charge is 2.21. The van der Waals surface area contributed by atoms with Gasteiger partial charge in [0.1, 0.15) is 17.2 Å². The van der Waals surface area contributed by atoms with Gasteiger partial charge in [-0.2, -0.15) is 0 Å². The van der Waals surface area contributed by atoms with Crippen molar-refractivity contribution < 1.29 is 14.2 Å². The van der Waals surface area contributed by atoms with Gasteiger partial charge in [-0.15, -0.1) is 10.5 Å². The molecule has 4 aromatic rings. The second-order valence-corrected chi connectivity index (χ2v) is 10.2. The SMILES string of the molecule is COc1ccc(C2=CC(c3ccc(OC)cc3)=S(c3ccccc3)C(c3ccc(OC)cc3)=C2)cc1. The molecule has 4 heteroatoms. The van der Waals surface area contributed by atoms with Gasteiger partial charge < -0.3 is 14.2 Å². The third-order valence-corrected chi connectivity index (χ3v) is 8.49. The molecule has 0 spiro atoms. The second-order valence-electron chi connectivity index (χ2n) is 8.28. The highest BCUT2D eigenvalue weighted by atomic mass is 32.2. The molecule has 0 fully saturated rings. The maximum atomic E-state index is 5.44. The molecule has 3 nitrogen and oxygen atoms in total. The average molecular weight is 493 g/mol. The molecule has 1 unspecified atom stereocenters. The van der Waals surface area contributed by atoms with Crippen LogP contribution in [0.15, 0.2) is 120 Å². The fourth-order valence-corrected chi connectivity index (χ4v) is 6.64. The number of hydrogen-bond donors (Lipinski definition) is 0. The minimum absolute atomic E-state index is 0.308. The van der Waals surface area contributed by atoms with Gasteiger partial charge in [-0.1, -0.05) is 54.6 Å². The zero-order valence-corrected chi connectivity index (χ0v) is 21.4. The van der Waals surface area contributed by atoms with Crippen LogP contribution in [0.2, 0.25) is 0 Å². The summed E-state index contributed by atoms with van der Waals surface area (Å²) in [5.41, 5.74) is 4.65. The minimum Gasteiger partial charge on any atom is -0.497 e. The fraction of sp³-hybridized carbons (Fsp3) is 0.0938. The van der Waals surface area contributed by atoms with Gasteiger partial charge in [-0.05, 0) is 82.9 Å². The molecule has 0 aromatic heterocycles. The Kier molecular flexibility index (Phi) is 7.06. The Hall–Kier alpha value is -4.02. The van der Waals surface area contributed by atoms with Crippen molar-refractivity contribution in [2.45, 2.75) is 4.90 Å². The first-order chi connectivity index (χ1) is 17.7. The van der Waals surface area contributed by atoms with Crippen molar-refractivity contribution in [1.29, 1.82) is 0 Å². The normalized spacial score (nSPS) is 15.1. The van der Waals surface area contributed by atoms with Crippen molar-refractivity contribution in [2.75, 3.05) is 21.3 Å². The van der Waals surface area contributed by atoms with Crippen LogP contribution in [0, 0.1) is 0 Å². The Morgan fingerprint density at radius 3 is 1.44 bits per heavy atom. The van der Waals surface area contributed by atoms with Crippen LogP contribution in [-0.2, 0) is 0 Å². The summed E-state index contributed by atoms with van der Waals surface area (Å²) >= 11 is 0. The van der Waals surface area contributed by atoms with Gasteiger partial charge in [0.2, 0.25) is 0 Å². The molecule has 0 radical (unpaired) electrons. The predicted octanol–water partition coefficient (Wildman–Crippen LogP) is 7.70. The van der Waals surface area contributed by atoms with Gasteiger partial charge in [-0.25, -0.2) is 0 Å². The van der Waals surface area contributed by atoms with Crippen molar-refractivity contribution in [3.63, 3.8) is 0 Å². The standard InChI is InChI=1S/C32H28O3S/c1-33-27-15-9-23(10-16-27)26-21-31(24-11-17-28(34-2)18-12-24)36(30-7-5-4-6-8-30)32(22-26)25-13-19-29(35-3)20-14-25/h4-22H,1-3H3.